The fraction of sp³-hybridized carbons (Fsp3) is 0.533. The molecule has 0 amide bonds. The lowest BCUT2D eigenvalue weighted by Gasteiger charge is -2.17. The zero-order valence-corrected chi connectivity index (χ0v) is 17.1. The van der Waals surface area contributed by atoms with Crippen molar-refractivity contribution in [3.8, 4) is 0 Å². The van der Waals surface area contributed by atoms with Gasteiger partial charge in [0, 0.05) is 31.5 Å². The van der Waals surface area contributed by atoms with Gasteiger partial charge in [0.05, 0.1) is 5.75 Å². The van der Waals surface area contributed by atoms with Gasteiger partial charge in [0.1, 0.15) is 21.5 Å². The summed E-state index contributed by atoms with van der Waals surface area (Å²) in [4.78, 5) is 4.01. The summed E-state index contributed by atoms with van der Waals surface area (Å²) >= 11 is 0. The van der Waals surface area contributed by atoms with Gasteiger partial charge in [0.25, 0.3) is 0 Å². The third-order valence-electron chi connectivity index (χ3n) is 3.26. The fourth-order valence-corrected chi connectivity index (χ4v) is 2.75. The molecule has 0 aliphatic rings. The average Bonchev–Trinajstić information content (AvgIpc) is 2.46. The number of aliphatic imine (C=N–C) groups is 1. The van der Waals surface area contributed by atoms with Crippen LogP contribution in [0.25, 0.3) is 0 Å². The van der Waals surface area contributed by atoms with E-state index >= 15 is 0 Å². The molecule has 0 heterocycles. The van der Waals surface area contributed by atoms with Crippen molar-refractivity contribution in [3.05, 3.63) is 35.4 Å². The van der Waals surface area contributed by atoms with Crippen molar-refractivity contribution < 1.29 is 17.2 Å². The van der Waals surface area contributed by atoms with Crippen LogP contribution in [0.5, 0.6) is 0 Å². The van der Waals surface area contributed by atoms with E-state index in [1.165, 1.54) is 24.5 Å². The molecule has 0 radical (unpaired) electrons. The summed E-state index contributed by atoms with van der Waals surface area (Å²) in [5.74, 6) is -0.603. The van der Waals surface area contributed by atoms with Crippen LogP contribution in [0.1, 0.15) is 18.9 Å². The Bertz CT molecular complexity index is 634. The molecule has 0 saturated heterocycles. The highest BCUT2D eigenvalue weighted by Gasteiger charge is 2.11. The molecule has 1 unspecified atom stereocenters. The largest absolute Gasteiger partial charge is 0.356 e. The van der Waals surface area contributed by atoms with Crippen LogP contribution in [-0.2, 0) is 16.3 Å². The van der Waals surface area contributed by atoms with Crippen LogP contribution in [0, 0.1) is 11.6 Å². The van der Waals surface area contributed by atoms with Gasteiger partial charge in [-0.2, -0.15) is 0 Å². The Hall–Kier alpha value is -0.970. The minimum absolute atomic E-state index is 0. The maximum Gasteiger partial charge on any atom is 0.191 e. The third kappa shape index (κ3) is 8.76. The maximum atomic E-state index is 13.5. The quantitative estimate of drug-likeness (QED) is 0.360. The van der Waals surface area contributed by atoms with Gasteiger partial charge in [-0.15, -0.1) is 24.0 Å². The molecule has 0 aromatic heterocycles. The van der Waals surface area contributed by atoms with E-state index in [9.17, 15) is 17.2 Å². The Morgan fingerprint density at radius 1 is 1.29 bits per heavy atom. The van der Waals surface area contributed by atoms with E-state index in [0.29, 0.717) is 18.9 Å². The van der Waals surface area contributed by atoms with Crippen molar-refractivity contribution >= 4 is 39.8 Å². The van der Waals surface area contributed by atoms with Crippen LogP contribution < -0.4 is 10.6 Å². The monoisotopic (exact) mass is 475 g/mol. The molecule has 1 aromatic rings. The average molecular weight is 475 g/mol. The maximum absolute atomic E-state index is 13.5. The third-order valence-corrected chi connectivity index (χ3v) is 4.23. The second-order valence-corrected chi connectivity index (χ2v) is 7.67. The molecule has 5 nitrogen and oxygen atoms in total. The highest BCUT2D eigenvalue weighted by molar-refractivity contribution is 14.0. The van der Waals surface area contributed by atoms with Crippen LogP contribution in [0.3, 0.4) is 0 Å². The number of nitrogens with one attached hydrogen (secondary N) is 2. The van der Waals surface area contributed by atoms with E-state index in [-0.39, 0.29) is 47.8 Å². The molecule has 138 valence electrons. The predicted molar refractivity (Wildman–Crippen MR) is 104 cm³/mol. The molecular weight excluding hydrogens is 451 g/mol. The lowest BCUT2D eigenvalue weighted by molar-refractivity contribution is 0.551. The van der Waals surface area contributed by atoms with Crippen molar-refractivity contribution in [2.45, 2.75) is 25.8 Å². The number of sulfone groups is 1. The van der Waals surface area contributed by atoms with Crippen LogP contribution >= 0.6 is 24.0 Å². The smallest absolute Gasteiger partial charge is 0.191 e. The number of guanidine groups is 1. The first-order chi connectivity index (χ1) is 10.7. The molecule has 0 aliphatic heterocycles. The zero-order valence-electron chi connectivity index (χ0n) is 14.0. The molecule has 0 fully saturated rings. The Balaban J connectivity index is 0.00000529. The molecule has 0 aliphatic carbocycles. The summed E-state index contributed by atoms with van der Waals surface area (Å²) < 4.78 is 49.3. The minimum atomic E-state index is -3.01. The summed E-state index contributed by atoms with van der Waals surface area (Å²) in [5.41, 5.74) is 0.0283. The summed E-state index contributed by atoms with van der Waals surface area (Å²) in [6, 6.07) is 3.67. The number of benzene rings is 1. The summed E-state index contributed by atoms with van der Waals surface area (Å²) in [6.45, 7) is 2.14. The lowest BCUT2D eigenvalue weighted by atomic mass is 10.1. The zero-order chi connectivity index (χ0) is 17.5. The Morgan fingerprint density at radius 2 is 1.88 bits per heavy atom. The van der Waals surface area contributed by atoms with Gasteiger partial charge in [0.2, 0.25) is 0 Å². The first kappa shape index (κ1) is 23.0. The molecule has 1 rings (SSSR count). The topological polar surface area (TPSA) is 70.6 Å². The van der Waals surface area contributed by atoms with E-state index in [1.807, 2.05) is 6.92 Å². The second kappa shape index (κ2) is 10.8. The first-order valence-electron chi connectivity index (χ1n) is 7.30. The van der Waals surface area contributed by atoms with E-state index in [4.69, 9.17) is 0 Å². The Kier molecular flexibility index (Phi) is 10.4. The van der Waals surface area contributed by atoms with Gasteiger partial charge < -0.3 is 10.6 Å². The van der Waals surface area contributed by atoms with Gasteiger partial charge in [-0.25, -0.2) is 17.2 Å². The van der Waals surface area contributed by atoms with Crippen molar-refractivity contribution in [2.75, 3.05) is 25.6 Å². The number of rotatable bonds is 7. The van der Waals surface area contributed by atoms with E-state index in [2.05, 4.69) is 15.6 Å². The number of nitrogens with zero attached hydrogens (tertiary/aromatic N) is 1. The molecule has 1 aromatic carbocycles. The highest BCUT2D eigenvalue weighted by atomic mass is 127. The first-order valence-corrected chi connectivity index (χ1v) is 9.36. The minimum Gasteiger partial charge on any atom is -0.356 e. The Morgan fingerprint density at radius 3 is 2.38 bits per heavy atom. The number of hydrogen-bond acceptors (Lipinski definition) is 3. The second-order valence-electron chi connectivity index (χ2n) is 5.41. The SMILES string of the molecule is CN=C(NCCc1c(F)cccc1F)NC(C)CCS(C)(=O)=O.I. The number of hydrogen-bond donors (Lipinski definition) is 2. The molecule has 0 spiro atoms. The molecule has 9 heteroatoms. The van der Waals surface area contributed by atoms with Gasteiger partial charge >= 0.3 is 0 Å². The molecule has 2 N–H and O–H groups in total. The Labute approximate surface area is 159 Å². The molecule has 1 atom stereocenters. The lowest BCUT2D eigenvalue weighted by Crippen LogP contribution is -2.43. The standard InChI is InChI=1S/C15H23F2N3O2S.HI/c1-11(8-10-23(3,21)22)20-15(18-2)19-9-7-12-13(16)5-4-6-14(12)17;/h4-6,11H,7-10H2,1-3H3,(H2,18,19,20);1H. The summed E-state index contributed by atoms with van der Waals surface area (Å²) in [5, 5.41) is 6.00. The van der Waals surface area contributed by atoms with Crippen LogP contribution in [0.15, 0.2) is 23.2 Å². The van der Waals surface area contributed by atoms with Crippen molar-refractivity contribution in [2.24, 2.45) is 4.99 Å². The summed E-state index contributed by atoms with van der Waals surface area (Å²) in [6.07, 6.45) is 1.81. The van der Waals surface area contributed by atoms with Crippen LogP contribution in [-0.4, -0.2) is 46.0 Å². The molecule has 0 bridgehead atoms. The van der Waals surface area contributed by atoms with Gasteiger partial charge in [-0.1, -0.05) is 6.07 Å². The van der Waals surface area contributed by atoms with Gasteiger partial charge in [0.15, 0.2) is 5.96 Å². The van der Waals surface area contributed by atoms with Crippen molar-refractivity contribution in [1.29, 1.82) is 0 Å². The van der Waals surface area contributed by atoms with E-state index < -0.39 is 21.5 Å². The van der Waals surface area contributed by atoms with Crippen molar-refractivity contribution in [1.82, 2.24) is 10.6 Å². The normalized spacial score (nSPS) is 13.1. The summed E-state index contributed by atoms with van der Waals surface area (Å²) in [7, 11) is -1.44. The van der Waals surface area contributed by atoms with Crippen molar-refractivity contribution in [3.63, 3.8) is 0 Å². The van der Waals surface area contributed by atoms with Gasteiger partial charge in [-0.3, -0.25) is 4.99 Å². The predicted octanol–water partition coefficient (Wildman–Crippen LogP) is 2.11. The highest BCUT2D eigenvalue weighted by Crippen LogP contribution is 2.11. The van der Waals surface area contributed by atoms with Crippen LogP contribution in [0.4, 0.5) is 8.78 Å². The van der Waals surface area contributed by atoms with Gasteiger partial charge in [-0.05, 0) is 31.9 Å². The molecular formula is C15H24F2IN3O2S. The molecule has 0 saturated carbocycles. The van der Waals surface area contributed by atoms with Crippen LogP contribution in [0.2, 0.25) is 0 Å². The fourth-order valence-electron chi connectivity index (χ4n) is 1.97. The van der Waals surface area contributed by atoms with E-state index in [0.717, 1.165) is 0 Å². The number of halogens is 3. The van der Waals surface area contributed by atoms with E-state index in [1.54, 1.807) is 7.05 Å². The molecule has 24 heavy (non-hydrogen) atoms.